The van der Waals surface area contributed by atoms with Crippen LogP contribution in [0.1, 0.15) is 24.2 Å². The number of rotatable bonds is 1. The number of pyridine rings is 1. The monoisotopic (exact) mass is 175 g/mol. The van der Waals surface area contributed by atoms with Crippen LogP contribution in [0.3, 0.4) is 0 Å². The molecule has 0 aromatic carbocycles. The van der Waals surface area contributed by atoms with Crippen molar-refractivity contribution in [3.8, 4) is 0 Å². The zero-order valence-corrected chi connectivity index (χ0v) is 7.86. The van der Waals surface area contributed by atoms with Crippen molar-refractivity contribution < 1.29 is 0 Å². The van der Waals surface area contributed by atoms with E-state index in [2.05, 4.69) is 18.0 Å². The molecule has 2 aromatic rings. The minimum Gasteiger partial charge on any atom is -0.323 e. The van der Waals surface area contributed by atoms with Crippen LogP contribution in [0.5, 0.6) is 0 Å². The van der Waals surface area contributed by atoms with E-state index in [-0.39, 0.29) is 6.04 Å². The molecule has 0 amide bonds. The van der Waals surface area contributed by atoms with Crippen LogP contribution < -0.4 is 5.73 Å². The molecule has 2 N–H and O–H groups in total. The van der Waals surface area contributed by atoms with E-state index in [0.717, 1.165) is 11.3 Å². The second kappa shape index (κ2) is 2.85. The lowest BCUT2D eigenvalue weighted by Gasteiger charge is -1.95. The molecule has 0 spiro atoms. The molecule has 2 rings (SSSR count). The Balaban J connectivity index is 2.62. The standard InChI is InChI=1S/C10H13N3/c1-7-3-4-13-6-9(8(2)11)12-10(13)5-7/h3-6,8H,11H2,1-2H3. The summed E-state index contributed by atoms with van der Waals surface area (Å²) in [5.74, 6) is 0. The summed E-state index contributed by atoms with van der Waals surface area (Å²) < 4.78 is 1.99. The normalized spacial score (nSPS) is 13.5. The third-order valence-electron chi connectivity index (χ3n) is 2.10. The third-order valence-corrected chi connectivity index (χ3v) is 2.10. The van der Waals surface area contributed by atoms with Gasteiger partial charge in [-0.1, -0.05) is 0 Å². The van der Waals surface area contributed by atoms with Gasteiger partial charge in [-0.25, -0.2) is 4.98 Å². The fraction of sp³-hybridized carbons (Fsp3) is 0.300. The first-order valence-corrected chi connectivity index (χ1v) is 4.37. The van der Waals surface area contributed by atoms with Gasteiger partial charge in [0.15, 0.2) is 0 Å². The van der Waals surface area contributed by atoms with E-state index in [1.165, 1.54) is 5.56 Å². The first kappa shape index (κ1) is 8.26. The summed E-state index contributed by atoms with van der Waals surface area (Å²) in [7, 11) is 0. The van der Waals surface area contributed by atoms with Crippen molar-refractivity contribution in [2.45, 2.75) is 19.9 Å². The van der Waals surface area contributed by atoms with Crippen molar-refractivity contribution in [3.05, 3.63) is 35.8 Å². The minimum atomic E-state index is 0.000191. The Bertz CT molecular complexity index is 429. The van der Waals surface area contributed by atoms with Crippen molar-refractivity contribution in [1.82, 2.24) is 9.38 Å². The SMILES string of the molecule is Cc1ccn2cc(C(C)N)nc2c1. The lowest BCUT2D eigenvalue weighted by Crippen LogP contribution is -2.04. The van der Waals surface area contributed by atoms with Crippen LogP contribution in [-0.4, -0.2) is 9.38 Å². The summed E-state index contributed by atoms with van der Waals surface area (Å²) >= 11 is 0. The molecule has 13 heavy (non-hydrogen) atoms. The number of fused-ring (bicyclic) bond motifs is 1. The van der Waals surface area contributed by atoms with Crippen LogP contribution in [0, 0.1) is 6.92 Å². The Morgan fingerprint density at radius 2 is 2.31 bits per heavy atom. The average molecular weight is 175 g/mol. The molecule has 0 aliphatic rings. The van der Waals surface area contributed by atoms with Gasteiger partial charge in [0.1, 0.15) is 5.65 Å². The van der Waals surface area contributed by atoms with Gasteiger partial charge in [0.2, 0.25) is 0 Å². The van der Waals surface area contributed by atoms with Crippen molar-refractivity contribution >= 4 is 5.65 Å². The number of imidazole rings is 1. The molecule has 3 nitrogen and oxygen atoms in total. The summed E-state index contributed by atoms with van der Waals surface area (Å²) in [6, 6.07) is 4.10. The fourth-order valence-electron chi connectivity index (χ4n) is 1.32. The molecule has 68 valence electrons. The van der Waals surface area contributed by atoms with Gasteiger partial charge < -0.3 is 10.1 Å². The number of hydrogen-bond donors (Lipinski definition) is 1. The second-order valence-corrected chi connectivity index (χ2v) is 3.42. The summed E-state index contributed by atoms with van der Waals surface area (Å²) in [5.41, 5.74) is 8.86. The summed E-state index contributed by atoms with van der Waals surface area (Å²) in [6.07, 6.45) is 3.98. The molecule has 1 unspecified atom stereocenters. The third kappa shape index (κ3) is 1.42. The van der Waals surface area contributed by atoms with Crippen molar-refractivity contribution in [2.24, 2.45) is 5.73 Å². The molecule has 0 saturated carbocycles. The molecule has 2 heterocycles. The fourth-order valence-corrected chi connectivity index (χ4v) is 1.32. The first-order chi connectivity index (χ1) is 6.16. The van der Waals surface area contributed by atoms with E-state index in [9.17, 15) is 0 Å². The molecule has 0 radical (unpaired) electrons. The zero-order chi connectivity index (χ0) is 9.42. The molecule has 1 atom stereocenters. The lowest BCUT2D eigenvalue weighted by atomic mass is 10.3. The molecule has 0 bridgehead atoms. The van der Waals surface area contributed by atoms with Gasteiger partial charge in [-0.3, -0.25) is 0 Å². The van der Waals surface area contributed by atoms with E-state index in [4.69, 9.17) is 5.73 Å². The van der Waals surface area contributed by atoms with Crippen LogP contribution in [-0.2, 0) is 0 Å². The van der Waals surface area contributed by atoms with Gasteiger partial charge in [0.05, 0.1) is 5.69 Å². The van der Waals surface area contributed by atoms with Gasteiger partial charge in [-0.05, 0) is 31.5 Å². The van der Waals surface area contributed by atoms with E-state index < -0.39 is 0 Å². The van der Waals surface area contributed by atoms with Crippen LogP contribution in [0.2, 0.25) is 0 Å². The quantitative estimate of drug-likeness (QED) is 0.716. The molecule has 0 aliphatic heterocycles. The Labute approximate surface area is 77.2 Å². The number of aryl methyl sites for hydroxylation is 1. The van der Waals surface area contributed by atoms with Crippen LogP contribution in [0.15, 0.2) is 24.5 Å². The smallest absolute Gasteiger partial charge is 0.137 e. The second-order valence-electron chi connectivity index (χ2n) is 3.42. The van der Waals surface area contributed by atoms with Gasteiger partial charge in [0.25, 0.3) is 0 Å². The Kier molecular flexibility index (Phi) is 1.81. The Morgan fingerprint density at radius 1 is 1.54 bits per heavy atom. The predicted molar refractivity (Wildman–Crippen MR) is 52.5 cm³/mol. The Hall–Kier alpha value is -1.35. The van der Waals surface area contributed by atoms with Crippen molar-refractivity contribution in [1.29, 1.82) is 0 Å². The summed E-state index contributed by atoms with van der Waals surface area (Å²) in [5, 5.41) is 0. The highest BCUT2D eigenvalue weighted by molar-refractivity contribution is 5.42. The van der Waals surface area contributed by atoms with Crippen molar-refractivity contribution in [2.75, 3.05) is 0 Å². The van der Waals surface area contributed by atoms with E-state index >= 15 is 0 Å². The van der Waals surface area contributed by atoms with Gasteiger partial charge in [-0.15, -0.1) is 0 Å². The number of nitrogens with two attached hydrogens (primary N) is 1. The topological polar surface area (TPSA) is 43.3 Å². The Morgan fingerprint density at radius 3 is 3.00 bits per heavy atom. The molecule has 0 saturated heterocycles. The van der Waals surface area contributed by atoms with Crippen LogP contribution in [0.4, 0.5) is 0 Å². The number of nitrogens with zero attached hydrogens (tertiary/aromatic N) is 2. The molecule has 3 heteroatoms. The largest absolute Gasteiger partial charge is 0.323 e. The summed E-state index contributed by atoms with van der Waals surface area (Å²) in [4.78, 5) is 4.41. The predicted octanol–water partition coefficient (Wildman–Crippen LogP) is 1.66. The highest BCUT2D eigenvalue weighted by atomic mass is 15.0. The maximum Gasteiger partial charge on any atom is 0.137 e. The zero-order valence-electron chi connectivity index (χ0n) is 7.86. The van der Waals surface area contributed by atoms with Crippen molar-refractivity contribution in [3.63, 3.8) is 0 Å². The van der Waals surface area contributed by atoms with Crippen LogP contribution >= 0.6 is 0 Å². The van der Waals surface area contributed by atoms with Gasteiger partial charge in [-0.2, -0.15) is 0 Å². The number of aromatic nitrogens is 2. The summed E-state index contributed by atoms with van der Waals surface area (Å²) in [6.45, 7) is 3.99. The van der Waals surface area contributed by atoms with Gasteiger partial charge in [0, 0.05) is 18.4 Å². The molecular formula is C10H13N3. The first-order valence-electron chi connectivity index (χ1n) is 4.37. The highest BCUT2D eigenvalue weighted by Crippen LogP contribution is 2.11. The highest BCUT2D eigenvalue weighted by Gasteiger charge is 2.04. The maximum atomic E-state index is 5.74. The van der Waals surface area contributed by atoms with Crippen LogP contribution in [0.25, 0.3) is 5.65 Å². The molecule has 0 aliphatic carbocycles. The van der Waals surface area contributed by atoms with Gasteiger partial charge >= 0.3 is 0 Å². The maximum absolute atomic E-state index is 5.74. The number of hydrogen-bond acceptors (Lipinski definition) is 2. The lowest BCUT2D eigenvalue weighted by molar-refractivity contribution is 0.790. The molecule has 2 aromatic heterocycles. The van der Waals surface area contributed by atoms with E-state index in [1.807, 2.05) is 29.8 Å². The minimum absolute atomic E-state index is 0.000191. The molecular weight excluding hydrogens is 162 g/mol. The average Bonchev–Trinajstić information content (AvgIpc) is 2.46. The van der Waals surface area contributed by atoms with E-state index in [1.54, 1.807) is 0 Å². The molecule has 0 fully saturated rings. The van der Waals surface area contributed by atoms with E-state index in [0.29, 0.717) is 0 Å².